The average Bonchev–Trinajstić information content (AvgIpc) is 3.30. The van der Waals surface area contributed by atoms with Crippen LogP contribution < -0.4 is 0 Å². The van der Waals surface area contributed by atoms with Crippen LogP contribution >= 0.6 is 0 Å². The lowest BCUT2D eigenvalue weighted by atomic mass is 10.2. The highest BCUT2D eigenvalue weighted by Crippen LogP contribution is 2.21. The van der Waals surface area contributed by atoms with Gasteiger partial charge in [-0.15, -0.1) is 5.10 Å². The number of aliphatic hydroxyl groups is 1. The summed E-state index contributed by atoms with van der Waals surface area (Å²) in [5.74, 6) is -0.678. The third kappa shape index (κ3) is 6.38. The van der Waals surface area contributed by atoms with Crippen molar-refractivity contribution in [2.24, 2.45) is 0 Å². The van der Waals surface area contributed by atoms with Gasteiger partial charge in [0.15, 0.2) is 0 Å². The van der Waals surface area contributed by atoms with Crippen molar-refractivity contribution >= 4 is 11.7 Å². The fourth-order valence-electron chi connectivity index (χ4n) is 3.57. The van der Waals surface area contributed by atoms with Crippen molar-refractivity contribution in [3.05, 3.63) is 123 Å². The van der Waals surface area contributed by atoms with Crippen LogP contribution in [-0.4, -0.2) is 37.6 Å². The van der Waals surface area contributed by atoms with Gasteiger partial charge >= 0.3 is 5.97 Å². The summed E-state index contributed by atoms with van der Waals surface area (Å²) in [6.45, 7) is 0.424. The summed E-state index contributed by atoms with van der Waals surface area (Å²) in [7, 11) is 0. The molecule has 1 aromatic heterocycles. The van der Waals surface area contributed by atoms with E-state index in [9.17, 15) is 20.0 Å². The number of aromatic nitrogens is 3. The van der Waals surface area contributed by atoms with Crippen LogP contribution in [0.2, 0.25) is 0 Å². The number of esters is 1. The van der Waals surface area contributed by atoms with Crippen molar-refractivity contribution in [2.45, 2.75) is 25.9 Å². The molecule has 3 aromatic carbocycles. The molecule has 0 spiro atoms. The van der Waals surface area contributed by atoms with Crippen LogP contribution in [0, 0.1) is 10.1 Å². The third-order valence-corrected chi connectivity index (χ3v) is 5.38. The Morgan fingerprint density at radius 3 is 2.22 bits per heavy atom. The van der Waals surface area contributed by atoms with Gasteiger partial charge in [-0.05, 0) is 23.3 Å². The van der Waals surface area contributed by atoms with Crippen LogP contribution in [0.15, 0.2) is 84.9 Å². The van der Waals surface area contributed by atoms with Crippen molar-refractivity contribution in [2.75, 3.05) is 6.61 Å². The molecule has 0 aliphatic rings. The van der Waals surface area contributed by atoms with Crippen LogP contribution in [0.5, 0.6) is 0 Å². The summed E-state index contributed by atoms with van der Waals surface area (Å²) in [4.78, 5) is 22.7. The number of non-ortho nitro benzene ring substituents is 1. The van der Waals surface area contributed by atoms with Gasteiger partial charge in [-0.2, -0.15) is 0 Å². The van der Waals surface area contributed by atoms with E-state index in [1.165, 1.54) is 24.3 Å². The van der Waals surface area contributed by atoms with Gasteiger partial charge in [-0.3, -0.25) is 10.1 Å². The first-order chi connectivity index (χ1) is 17.5. The fourth-order valence-corrected chi connectivity index (χ4v) is 3.57. The monoisotopic (exact) mass is 488 g/mol. The standard InChI is InChI=1S/C26H24N4O6/c31-24(18-35-16-20-9-5-2-6-10-20)25-23(27-28-29(25)15-19-7-3-1-4-8-19)17-36-26(32)21-11-13-22(14-12-21)30(33)34/h1-14,24,31H,15-18H2/t24-/m1/s1. The minimum Gasteiger partial charge on any atom is -0.455 e. The summed E-state index contributed by atoms with van der Waals surface area (Å²) in [6.07, 6.45) is -1.07. The van der Waals surface area contributed by atoms with Crippen molar-refractivity contribution in [3.8, 4) is 0 Å². The number of benzene rings is 3. The van der Waals surface area contributed by atoms with Crippen molar-refractivity contribution in [1.82, 2.24) is 15.0 Å². The van der Waals surface area contributed by atoms with Gasteiger partial charge in [0, 0.05) is 12.1 Å². The number of rotatable bonds is 11. The van der Waals surface area contributed by atoms with E-state index < -0.39 is 17.0 Å². The first-order valence-electron chi connectivity index (χ1n) is 11.2. The van der Waals surface area contributed by atoms with E-state index >= 15 is 0 Å². The van der Waals surface area contributed by atoms with Crippen LogP contribution in [0.1, 0.15) is 39.0 Å². The number of aliphatic hydroxyl groups excluding tert-OH is 1. The molecule has 1 heterocycles. The molecule has 1 atom stereocenters. The zero-order valence-corrected chi connectivity index (χ0v) is 19.3. The third-order valence-electron chi connectivity index (χ3n) is 5.38. The normalized spacial score (nSPS) is 11.7. The lowest BCUT2D eigenvalue weighted by molar-refractivity contribution is -0.384. The Hall–Kier alpha value is -4.41. The molecule has 0 amide bonds. The fraction of sp³-hybridized carbons (Fsp3) is 0.192. The van der Waals surface area contributed by atoms with Crippen LogP contribution in [0.3, 0.4) is 0 Å². The van der Waals surface area contributed by atoms with Crippen LogP contribution in [0.25, 0.3) is 0 Å². The second-order valence-corrected chi connectivity index (χ2v) is 7.96. The predicted octanol–water partition coefficient (Wildman–Crippen LogP) is 3.84. The molecular formula is C26H24N4O6. The van der Waals surface area contributed by atoms with Gasteiger partial charge in [-0.25, -0.2) is 9.48 Å². The number of nitro groups is 1. The van der Waals surface area contributed by atoms with Gasteiger partial charge in [0.2, 0.25) is 0 Å². The Balaban J connectivity index is 1.47. The second-order valence-electron chi connectivity index (χ2n) is 7.96. The van der Waals surface area contributed by atoms with E-state index in [2.05, 4.69) is 10.3 Å². The van der Waals surface area contributed by atoms with E-state index in [1.54, 1.807) is 4.68 Å². The maximum Gasteiger partial charge on any atom is 0.338 e. The molecule has 0 radical (unpaired) electrons. The van der Waals surface area contributed by atoms with E-state index in [0.717, 1.165) is 11.1 Å². The van der Waals surface area contributed by atoms with Crippen molar-refractivity contribution in [3.63, 3.8) is 0 Å². The van der Waals surface area contributed by atoms with Crippen molar-refractivity contribution in [1.29, 1.82) is 0 Å². The molecule has 0 bridgehead atoms. The largest absolute Gasteiger partial charge is 0.455 e. The molecule has 0 aliphatic heterocycles. The number of carbonyl (C=O) groups is 1. The summed E-state index contributed by atoms with van der Waals surface area (Å²) < 4.78 is 12.6. The molecule has 4 aromatic rings. The number of hydrogen-bond donors (Lipinski definition) is 1. The summed E-state index contributed by atoms with van der Waals surface area (Å²) in [5.41, 5.74) is 2.62. The summed E-state index contributed by atoms with van der Waals surface area (Å²) in [5, 5.41) is 30.1. The van der Waals surface area contributed by atoms with E-state index in [0.29, 0.717) is 18.8 Å². The minimum absolute atomic E-state index is 0.0135. The number of ether oxygens (including phenoxy) is 2. The number of carbonyl (C=O) groups excluding carboxylic acids is 1. The molecule has 10 nitrogen and oxygen atoms in total. The maximum absolute atomic E-state index is 12.5. The van der Waals surface area contributed by atoms with Crippen LogP contribution in [0.4, 0.5) is 5.69 Å². The van der Waals surface area contributed by atoms with Crippen molar-refractivity contribution < 1.29 is 24.3 Å². The topological polar surface area (TPSA) is 130 Å². The molecule has 0 aliphatic carbocycles. The van der Waals surface area contributed by atoms with Crippen LogP contribution in [-0.2, 0) is 29.2 Å². The Morgan fingerprint density at radius 1 is 0.944 bits per heavy atom. The Bertz CT molecular complexity index is 1290. The van der Waals surface area contributed by atoms with E-state index in [4.69, 9.17) is 9.47 Å². The van der Waals surface area contributed by atoms with Gasteiger partial charge in [0.25, 0.3) is 5.69 Å². The minimum atomic E-state index is -1.07. The number of nitro benzene ring substituents is 1. The molecular weight excluding hydrogens is 464 g/mol. The Kier molecular flexibility index (Phi) is 8.12. The molecule has 184 valence electrons. The van der Waals surface area contributed by atoms with Gasteiger partial charge in [0.05, 0.1) is 35.9 Å². The van der Waals surface area contributed by atoms with Gasteiger partial charge < -0.3 is 14.6 Å². The number of hydrogen-bond acceptors (Lipinski definition) is 8. The molecule has 1 N–H and O–H groups in total. The smallest absolute Gasteiger partial charge is 0.338 e. The molecule has 4 rings (SSSR count). The molecule has 0 unspecified atom stereocenters. The predicted molar refractivity (Wildman–Crippen MR) is 129 cm³/mol. The zero-order chi connectivity index (χ0) is 25.3. The lowest BCUT2D eigenvalue weighted by Gasteiger charge is -2.15. The number of nitrogens with zero attached hydrogens (tertiary/aromatic N) is 4. The zero-order valence-electron chi connectivity index (χ0n) is 19.3. The molecule has 0 fully saturated rings. The second kappa shape index (κ2) is 11.8. The highest BCUT2D eigenvalue weighted by atomic mass is 16.6. The first kappa shape index (κ1) is 24.7. The molecule has 10 heteroatoms. The molecule has 36 heavy (non-hydrogen) atoms. The summed E-state index contributed by atoms with van der Waals surface area (Å²) >= 11 is 0. The lowest BCUT2D eigenvalue weighted by Crippen LogP contribution is -2.17. The average molecular weight is 489 g/mol. The Labute approximate surface area is 206 Å². The maximum atomic E-state index is 12.5. The van der Waals surface area contributed by atoms with Gasteiger partial charge in [0.1, 0.15) is 18.4 Å². The molecule has 0 saturated carbocycles. The Morgan fingerprint density at radius 2 is 1.58 bits per heavy atom. The quantitative estimate of drug-likeness (QED) is 0.191. The highest BCUT2D eigenvalue weighted by molar-refractivity contribution is 5.89. The van der Waals surface area contributed by atoms with E-state index in [1.807, 2.05) is 60.7 Å². The SMILES string of the molecule is O=C(OCc1nnn(Cc2ccccc2)c1[C@H](O)COCc1ccccc1)c1ccc([N+](=O)[O-])cc1. The van der Waals surface area contributed by atoms with E-state index in [-0.39, 0.29) is 30.2 Å². The van der Waals surface area contributed by atoms with Gasteiger partial charge in [-0.1, -0.05) is 65.9 Å². The molecule has 0 saturated heterocycles. The first-order valence-corrected chi connectivity index (χ1v) is 11.2. The highest BCUT2D eigenvalue weighted by Gasteiger charge is 2.23. The summed E-state index contributed by atoms with van der Waals surface area (Å²) in [6, 6.07) is 24.2.